The highest BCUT2D eigenvalue weighted by Gasteiger charge is 2.34. The molecule has 1 aromatic heterocycles. The van der Waals surface area contributed by atoms with Gasteiger partial charge in [-0.2, -0.15) is 5.10 Å². The van der Waals surface area contributed by atoms with Crippen LogP contribution < -0.4 is 0 Å². The third-order valence-electron chi connectivity index (χ3n) is 2.62. The molecule has 1 heterocycles. The van der Waals surface area contributed by atoms with E-state index < -0.39 is 0 Å². The van der Waals surface area contributed by atoms with Gasteiger partial charge in [0.1, 0.15) is 0 Å². The van der Waals surface area contributed by atoms with Crippen LogP contribution in [0.4, 0.5) is 4.39 Å². The Morgan fingerprint density at radius 3 is 2.33 bits per heavy atom. The van der Waals surface area contributed by atoms with Crippen LogP contribution >= 0.6 is 15.9 Å². The van der Waals surface area contributed by atoms with Crippen LogP contribution in [-0.4, -0.2) is 10.2 Å². The maximum atomic E-state index is 14.0. The Hall–Kier alpha value is -0.510. The quantitative estimate of drug-likeness (QED) is 0.782. The number of hydrogen-bond donors (Lipinski definition) is 0. The van der Waals surface area contributed by atoms with Crippen molar-refractivity contribution in [2.45, 2.75) is 44.9 Å². The topological polar surface area (TPSA) is 25.8 Å². The van der Waals surface area contributed by atoms with E-state index in [1.807, 2.05) is 20.8 Å². The minimum atomic E-state index is -0.251. The van der Waals surface area contributed by atoms with Crippen molar-refractivity contribution in [1.82, 2.24) is 10.2 Å². The second-order valence-corrected chi connectivity index (χ2v) is 5.84. The molecule has 0 bridgehead atoms. The van der Waals surface area contributed by atoms with Gasteiger partial charge < -0.3 is 0 Å². The summed E-state index contributed by atoms with van der Waals surface area (Å²) in [6.45, 7) is 6.02. The van der Waals surface area contributed by atoms with E-state index >= 15 is 0 Å². The van der Waals surface area contributed by atoms with Crippen molar-refractivity contribution in [2.24, 2.45) is 0 Å². The Bertz CT molecular complexity index is 394. The van der Waals surface area contributed by atoms with E-state index in [9.17, 15) is 4.39 Å². The van der Waals surface area contributed by atoms with E-state index in [2.05, 4.69) is 26.1 Å². The van der Waals surface area contributed by atoms with Crippen LogP contribution in [0.5, 0.6) is 0 Å². The summed E-state index contributed by atoms with van der Waals surface area (Å²) in [5.41, 5.74) is 1.34. The zero-order chi connectivity index (χ0) is 11.2. The minimum absolute atomic E-state index is 0.219. The summed E-state index contributed by atoms with van der Waals surface area (Å²) in [5.74, 6) is 0.175. The molecule has 1 aliphatic rings. The highest BCUT2D eigenvalue weighted by Crippen LogP contribution is 2.44. The highest BCUT2D eigenvalue weighted by molar-refractivity contribution is 9.10. The van der Waals surface area contributed by atoms with Gasteiger partial charge in [-0.15, -0.1) is 5.10 Å². The van der Waals surface area contributed by atoms with E-state index in [0.717, 1.165) is 18.5 Å². The molecule has 1 aromatic rings. The predicted octanol–water partition coefficient (Wildman–Crippen LogP) is 3.55. The first-order chi connectivity index (χ1) is 6.91. The third kappa shape index (κ3) is 2.05. The minimum Gasteiger partial charge on any atom is -0.204 e. The van der Waals surface area contributed by atoms with E-state index in [1.165, 1.54) is 0 Å². The summed E-state index contributed by atoms with van der Waals surface area (Å²) in [5, 5.41) is 7.94. The van der Waals surface area contributed by atoms with Crippen molar-refractivity contribution in [2.75, 3.05) is 0 Å². The van der Waals surface area contributed by atoms with Crippen LogP contribution in [0.3, 0.4) is 0 Å². The number of aromatic nitrogens is 2. The molecule has 0 unspecified atom stereocenters. The molecule has 0 radical (unpaired) electrons. The summed E-state index contributed by atoms with van der Waals surface area (Å²) < 4.78 is 14.2. The molecular weight excluding hydrogens is 259 g/mol. The number of rotatable bonds is 1. The highest BCUT2D eigenvalue weighted by atomic mass is 79.9. The average molecular weight is 273 g/mol. The van der Waals surface area contributed by atoms with Crippen molar-refractivity contribution in [3.05, 3.63) is 21.7 Å². The fraction of sp³-hybridized carbons (Fsp3) is 0.636. The van der Waals surface area contributed by atoms with E-state index in [1.54, 1.807) is 0 Å². The van der Waals surface area contributed by atoms with E-state index in [0.29, 0.717) is 11.5 Å². The van der Waals surface area contributed by atoms with Crippen molar-refractivity contribution in [3.8, 4) is 0 Å². The Morgan fingerprint density at radius 2 is 1.87 bits per heavy atom. The molecule has 0 N–H and O–H groups in total. The lowest BCUT2D eigenvalue weighted by atomic mass is 9.85. The molecule has 0 amide bonds. The van der Waals surface area contributed by atoms with Crippen LogP contribution in [-0.2, 0) is 5.41 Å². The first-order valence-corrected chi connectivity index (χ1v) is 5.92. The van der Waals surface area contributed by atoms with Crippen LogP contribution in [0.15, 0.2) is 4.60 Å². The van der Waals surface area contributed by atoms with Crippen molar-refractivity contribution >= 4 is 15.9 Å². The summed E-state index contributed by atoms with van der Waals surface area (Å²) in [7, 11) is 0. The van der Waals surface area contributed by atoms with Gasteiger partial charge in [-0.25, -0.2) is 4.39 Å². The Morgan fingerprint density at radius 1 is 1.27 bits per heavy atom. The smallest absolute Gasteiger partial charge is 0.164 e. The van der Waals surface area contributed by atoms with Gasteiger partial charge >= 0.3 is 0 Å². The number of nitrogens with zero attached hydrogens (tertiary/aromatic N) is 2. The summed E-state index contributed by atoms with van der Waals surface area (Å²) >= 11 is 3.09. The SMILES string of the molecule is CC(C)(C)c1c(C2CC2)nnc(Br)c1F. The number of hydrogen-bond acceptors (Lipinski definition) is 2. The van der Waals surface area contributed by atoms with Gasteiger partial charge in [-0.05, 0) is 34.2 Å². The summed E-state index contributed by atoms with van der Waals surface area (Å²) in [6, 6.07) is 0. The zero-order valence-electron chi connectivity index (χ0n) is 9.14. The van der Waals surface area contributed by atoms with Gasteiger partial charge in [0.2, 0.25) is 0 Å². The average Bonchev–Trinajstić information content (AvgIpc) is 2.90. The molecular formula is C11H14BrFN2. The Labute approximate surface area is 97.4 Å². The lowest BCUT2D eigenvalue weighted by molar-refractivity contribution is 0.497. The molecule has 0 saturated heterocycles. The van der Waals surface area contributed by atoms with Crippen LogP contribution in [0.2, 0.25) is 0 Å². The molecule has 4 heteroatoms. The second-order valence-electron chi connectivity index (χ2n) is 5.09. The third-order valence-corrected chi connectivity index (χ3v) is 3.12. The predicted molar refractivity (Wildman–Crippen MR) is 60.4 cm³/mol. The normalized spacial score (nSPS) is 16.9. The lowest BCUT2D eigenvalue weighted by Gasteiger charge is -2.22. The van der Waals surface area contributed by atoms with E-state index in [-0.39, 0.29) is 15.8 Å². The van der Waals surface area contributed by atoms with Gasteiger partial charge in [-0.3, -0.25) is 0 Å². The first kappa shape index (κ1) is 11.0. The fourth-order valence-electron chi connectivity index (χ4n) is 1.76. The van der Waals surface area contributed by atoms with Gasteiger partial charge in [0.15, 0.2) is 10.4 Å². The molecule has 0 aliphatic heterocycles. The molecule has 0 spiro atoms. The monoisotopic (exact) mass is 272 g/mol. The van der Waals surface area contributed by atoms with Crippen LogP contribution in [0.1, 0.15) is 50.8 Å². The molecule has 82 valence electrons. The Kier molecular flexibility index (Phi) is 2.57. The van der Waals surface area contributed by atoms with E-state index in [4.69, 9.17) is 0 Å². The molecule has 2 rings (SSSR count). The molecule has 0 atom stereocenters. The Balaban J connectivity index is 2.60. The van der Waals surface area contributed by atoms with Gasteiger partial charge in [-0.1, -0.05) is 20.8 Å². The molecule has 1 saturated carbocycles. The maximum Gasteiger partial charge on any atom is 0.164 e. The molecule has 15 heavy (non-hydrogen) atoms. The standard InChI is InChI=1S/C11H14BrFN2/c1-11(2,3)7-8(13)10(12)15-14-9(7)6-4-5-6/h6H,4-5H2,1-3H3. The van der Waals surface area contributed by atoms with Gasteiger partial charge in [0.25, 0.3) is 0 Å². The van der Waals surface area contributed by atoms with Crippen molar-refractivity contribution < 1.29 is 4.39 Å². The van der Waals surface area contributed by atoms with Crippen molar-refractivity contribution in [1.29, 1.82) is 0 Å². The van der Waals surface area contributed by atoms with Crippen LogP contribution in [0, 0.1) is 5.82 Å². The number of halogens is 2. The van der Waals surface area contributed by atoms with Crippen LogP contribution in [0.25, 0.3) is 0 Å². The van der Waals surface area contributed by atoms with Gasteiger partial charge in [0.05, 0.1) is 5.69 Å². The summed E-state index contributed by atoms with van der Waals surface area (Å²) in [6.07, 6.45) is 2.22. The lowest BCUT2D eigenvalue weighted by Crippen LogP contribution is -2.19. The molecule has 2 nitrogen and oxygen atoms in total. The molecule has 1 aliphatic carbocycles. The van der Waals surface area contributed by atoms with Gasteiger partial charge in [0, 0.05) is 11.5 Å². The largest absolute Gasteiger partial charge is 0.204 e. The maximum absolute atomic E-state index is 14.0. The van der Waals surface area contributed by atoms with Crippen molar-refractivity contribution in [3.63, 3.8) is 0 Å². The first-order valence-electron chi connectivity index (χ1n) is 5.13. The molecule has 1 fully saturated rings. The zero-order valence-corrected chi connectivity index (χ0v) is 10.7. The molecule has 0 aromatic carbocycles. The fourth-order valence-corrected chi connectivity index (χ4v) is 2.04. The summed E-state index contributed by atoms with van der Waals surface area (Å²) in [4.78, 5) is 0. The second kappa shape index (κ2) is 3.51.